The lowest BCUT2D eigenvalue weighted by Crippen LogP contribution is -2.19. The van der Waals surface area contributed by atoms with E-state index >= 15 is 0 Å². The molecule has 0 aliphatic carbocycles. The molecule has 0 saturated carbocycles. The van der Waals surface area contributed by atoms with Crippen molar-refractivity contribution in [2.24, 2.45) is 4.99 Å². The molecule has 1 heterocycles. The summed E-state index contributed by atoms with van der Waals surface area (Å²) in [6.07, 6.45) is -4.75. The normalized spacial score (nSPS) is 15.4. The van der Waals surface area contributed by atoms with Gasteiger partial charge in [-0.3, -0.25) is 0 Å². The van der Waals surface area contributed by atoms with Gasteiger partial charge in [0.1, 0.15) is 6.61 Å². The first-order valence-electron chi connectivity index (χ1n) is 4.69. The van der Waals surface area contributed by atoms with E-state index in [0.717, 1.165) is 0 Å². The molecule has 2 rings (SSSR count). The van der Waals surface area contributed by atoms with Gasteiger partial charge < -0.3 is 9.47 Å². The maximum Gasteiger partial charge on any atom is 0.573 e. The number of hydrogen-bond acceptors (Lipinski definition) is 3. The number of nitrogens with zero attached hydrogens (tertiary/aromatic N) is 1. The van der Waals surface area contributed by atoms with Crippen molar-refractivity contribution in [1.29, 1.82) is 0 Å². The van der Waals surface area contributed by atoms with Gasteiger partial charge in [-0.25, -0.2) is 4.99 Å². The van der Waals surface area contributed by atoms with Crippen LogP contribution in [0.15, 0.2) is 27.7 Å². The van der Waals surface area contributed by atoms with E-state index in [2.05, 4.69) is 25.7 Å². The Morgan fingerprint density at radius 1 is 1.35 bits per heavy atom. The van der Waals surface area contributed by atoms with E-state index < -0.39 is 6.36 Å². The molecular weight excluding hydrogens is 303 g/mol. The van der Waals surface area contributed by atoms with Gasteiger partial charge in [0.05, 0.1) is 16.6 Å². The number of alkyl halides is 3. The molecular formula is C10H7BrF3NO2. The van der Waals surface area contributed by atoms with Gasteiger partial charge in [-0.15, -0.1) is 13.2 Å². The predicted octanol–water partition coefficient (Wildman–Crippen LogP) is 3.12. The number of benzene rings is 1. The number of ether oxygens (including phenoxy) is 2. The van der Waals surface area contributed by atoms with E-state index in [0.29, 0.717) is 13.2 Å². The van der Waals surface area contributed by atoms with Crippen molar-refractivity contribution in [1.82, 2.24) is 0 Å². The van der Waals surface area contributed by atoms with Gasteiger partial charge in [0.2, 0.25) is 5.90 Å². The third-order valence-corrected chi connectivity index (χ3v) is 2.63. The fourth-order valence-corrected chi connectivity index (χ4v) is 1.84. The summed E-state index contributed by atoms with van der Waals surface area (Å²) in [6.45, 7) is 0.806. The van der Waals surface area contributed by atoms with Crippen LogP contribution in [0.25, 0.3) is 0 Å². The van der Waals surface area contributed by atoms with Crippen molar-refractivity contribution < 1.29 is 22.6 Å². The standard InChI is InChI=1S/C10H7BrF3NO2/c11-7-3-1-2-6(9-15-4-5-16-9)8(7)17-10(12,13)14/h1-3H,4-5H2. The molecule has 1 aromatic rings. The van der Waals surface area contributed by atoms with Crippen LogP contribution < -0.4 is 4.74 Å². The van der Waals surface area contributed by atoms with Crippen LogP contribution in [-0.2, 0) is 4.74 Å². The number of hydrogen-bond donors (Lipinski definition) is 0. The summed E-state index contributed by atoms with van der Waals surface area (Å²) in [4.78, 5) is 3.96. The monoisotopic (exact) mass is 309 g/mol. The van der Waals surface area contributed by atoms with Crippen molar-refractivity contribution in [2.45, 2.75) is 6.36 Å². The second kappa shape index (κ2) is 4.56. The topological polar surface area (TPSA) is 30.8 Å². The number of halogens is 4. The molecule has 17 heavy (non-hydrogen) atoms. The van der Waals surface area contributed by atoms with Gasteiger partial charge in [0.15, 0.2) is 5.75 Å². The average molecular weight is 310 g/mol. The van der Waals surface area contributed by atoms with Gasteiger partial charge in [0.25, 0.3) is 0 Å². The fraction of sp³-hybridized carbons (Fsp3) is 0.300. The van der Waals surface area contributed by atoms with E-state index in [1.54, 1.807) is 6.07 Å². The van der Waals surface area contributed by atoms with Crippen LogP contribution in [0, 0.1) is 0 Å². The molecule has 0 fully saturated rings. The lowest BCUT2D eigenvalue weighted by molar-refractivity contribution is -0.275. The molecule has 0 radical (unpaired) electrons. The SMILES string of the molecule is FC(F)(F)Oc1c(Br)cccc1C1=NCCO1. The molecule has 0 aromatic heterocycles. The van der Waals surface area contributed by atoms with Crippen LogP contribution in [0.3, 0.4) is 0 Å². The van der Waals surface area contributed by atoms with E-state index in [1.165, 1.54) is 12.1 Å². The summed E-state index contributed by atoms with van der Waals surface area (Å²) < 4.78 is 46.1. The quantitative estimate of drug-likeness (QED) is 0.840. The Kier molecular flexibility index (Phi) is 3.28. The van der Waals surface area contributed by atoms with Crippen molar-refractivity contribution in [2.75, 3.05) is 13.2 Å². The molecule has 92 valence electrons. The van der Waals surface area contributed by atoms with E-state index in [-0.39, 0.29) is 21.7 Å². The predicted molar refractivity (Wildman–Crippen MR) is 58.2 cm³/mol. The van der Waals surface area contributed by atoms with Crippen molar-refractivity contribution >= 4 is 21.8 Å². The van der Waals surface area contributed by atoms with Gasteiger partial charge in [-0.05, 0) is 28.1 Å². The van der Waals surface area contributed by atoms with Crippen molar-refractivity contribution in [3.63, 3.8) is 0 Å². The number of rotatable bonds is 2. The van der Waals surface area contributed by atoms with E-state index in [1.807, 2.05) is 0 Å². The molecule has 0 unspecified atom stereocenters. The van der Waals surface area contributed by atoms with Crippen molar-refractivity contribution in [3.8, 4) is 5.75 Å². The minimum Gasteiger partial charge on any atom is -0.475 e. The van der Waals surface area contributed by atoms with Crippen LogP contribution in [0.1, 0.15) is 5.56 Å². The average Bonchev–Trinajstić information content (AvgIpc) is 2.72. The molecule has 0 atom stereocenters. The van der Waals surface area contributed by atoms with E-state index in [9.17, 15) is 13.2 Å². The summed E-state index contributed by atoms with van der Waals surface area (Å²) in [6, 6.07) is 4.52. The third-order valence-electron chi connectivity index (χ3n) is 2.00. The van der Waals surface area contributed by atoms with Crippen LogP contribution in [0.5, 0.6) is 5.75 Å². The van der Waals surface area contributed by atoms with Crippen molar-refractivity contribution in [3.05, 3.63) is 28.2 Å². The zero-order chi connectivity index (χ0) is 12.5. The Morgan fingerprint density at radius 3 is 2.71 bits per heavy atom. The Bertz CT molecular complexity index is 459. The van der Waals surface area contributed by atoms with Gasteiger partial charge in [-0.1, -0.05) is 6.07 Å². The second-order valence-corrected chi connectivity index (χ2v) is 4.05. The molecule has 1 aromatic carbocycles. The van der Waals surface area contributed by atoms with Crippen LogP contribution in [0.4, 0.5) is 13.2 Å². The summed E-state index contributed by atoms with van der Waals surface area (Å²) in [5.41, 5.74) is 0.189. The first-order valence-corrected chi connectivity index (χ1v) is 5.48. The zero-order valence-corrected chi connectivity index (χ0v) is 10.0. The van der Waals surface area contributed by atoms with Crippen LogP contribution >= 0.6 is 15.9 Å². The smallest absolute Gasteiger partial charge is 0.475 e. The Hall–Kier alpha value is -1.24. The first kappa shape index (κ1) is 12.2. The van der Waals surface area contributed by atoms with Crippen LogP contribution in [0.2, 0.25) is 0 Å². The molecule has 1 aliphatic rings. The highest BCUT2D eigenvalue weighted by Gasteiger charge is 2.34. The highest BCUT2D eigenvalue weighted by molar-refractivity contribution is 9.10. The minimum atomic E-state index is -4.75. The highest BCUT2D eigenvalue weighted by atomic mass is 79.9. The first-order chi connectivity index (χ1) is 7.97. The molecule has 0 N–H and O–H groups in total. The minimum absolute atomic E-state index is 0.172. The van der Waals surface area contributed by atoms with Gasteiger partial charge in [0, 0.05) is 0 Å². The van der Waals surface area contributed by atoms with Gasteiger partial charge >= 0.3 is 6.36 Å². The largest absolute Gasteiger partial charge is 0.573 e. The molecule has 0 bridgehead atoms. The van der Waals surface area contributed by atoms with Crippen LogP contribution in [-0.4, -0.2) is 25.4 Å². The van der Waals surface area contributed by atoms with Gasteiger partial charge in [-0.2, -0.15) is 0 Å². The summed E-state index contributed by atoms with van der Waals surface area (Å²) in [7, 11) is 0. The zero-order valence-electron chi connectivity index (χ0n) is 8.42. The Balaban J connectivity index is 2.41. The third kappa shape index (κ3) is 2.91. The second-order valence-electron chi connectivity index (χ2n) is 3.20. The molecule has 0 amide bonds. The lowest BCUT2D eigenvalue weighted by atomic mass is 10.2. The maximum absolute atomic E-state index is 12.3. The summed E-state index contributed by atoms with van der Waals surface area (Å²) >= 11 is 3.01. The number of aliphatic imine (C=N–C) groups is 1. The molecule has 0 saturated heterocycles. The lowest BCUT2D eigenvalue weighted by Gasteiger charge is -2.14. The molecule has 7 heteroatoms. The molecule has 0 spiro atoms. The summed E-state index contributed by atoms with van der Waals surface area (Å²) in [5.74, 6) is -0.161. The maximum atomic E-state index is 12.3. The molecule has 1 aliphatic heterocycles. The molecule has 3 nitrogen and oxygen atoms in total. The number of para-hydroxylation sites is 1. The Labute approximate surface area is 103 Å². The summed E-state index contributed by atoms with van der Waals surface area (Å²) in [5, 5.41) is 0. The highest BCUT2D eigenvalue weighted by Crippen LogP contribution is 2.34. The van der Waals surface area contributed by atoms with E-state index in [4.69, 9.17) is 4.74 Å². The Morgan fingerprint density at radius 2 is 2.12 bits per heavy atom. The fourth-order valence-electron chi connectivity index (χ4n) is 1.39.